The second-order valence-electron chi connectivity index (χ2n) is 5.39. The van der Waals surface area contributed by atoms with E-state index in [0.29, 0.717) is 5.92 Å². The van der Waals surface area contributed by atoms with E-state index in [1.165, 1.54) is 5.56 Å². The van der Waals surface area contributed by atoms with Crippen LogP contribution in [0.1, 0.15) is 52.5 Å². The third-order valence-corrected chi connectivity index (χ3v) is 3.71. The van der Waals surface area contributed by atoms with E-state index in [1.54, 1.807) is 0 Å². The topological polar surface area (TPSA) is 30.5 Å². The van der Waals surface area contributed by atoms with E-state index in [9.17, 15) is 0 Å². The van der Waals surface area contributed by atoms with Crippen molar-refractivity contribution >= 4 is 0 Å². The van der Waals surface area contributed by atoms with Gasteiger partial charge in [0.1, 0.15) is 11.5 Å². The van der Waals surface area contributed by atoms with Gasteiger partial charge in [-0.2, -0.15) is 0 Å². The van der Waals surface area contributed by atoms with Gasteiger partial charge in [0, 0.05) is 18.2 Å². The van der Waals surface area contributed by atoms with Crippen LogP contribution in [0.5, 0.6) is 11.5 Å². The molecule has 0 aliphatic rings. The molecule has 0 saturated carbocycles. The van der Waals surface area contributed by atoms with Gasteiger partial charge < -0.3 is 14.8 Å². The molecule has 3 heteroatoms. The van der Waals surface area contributed by atoms with Gasteiger partial charge in [-0.25, -0.2) is 0 Å². The third-order valence-electron chi connectivity index (χ3n) is 3.71. The molecule has 0 amide bonds. The molecule has 3 nitrogen and oxygen atoms in total. The first kappa shape index (κ1) is 17.8. The minimum absolute atomic E-state index is 0.622. The summed E-state index contributed by atoms with van der Waals surface area (Å²) in [5.74, 6) is 2.48. The summed E-state index contributed by atoms with van der Waals surface area (Å²) in [6.07, 6.45) is 3.33. The van der Waals surface area contributed by atoms with Crippen molar-refractivity contribution in [1.29, 1.82) is 0 Å². The second kappa shape index (κ2) is 10.5. The second-order valence-corrected chi connectivity index (χ2v) is 5.39. The molecule has 0 aromatic heterocycles. The largest absolute Gasteiger partial charge is 0.493 e. The quantitative estimate of drug-likeness (QED) is 0.656. The van der Waals surface area contributed by atoms with Crippen molar-refractivity contribution in [3.63, 3.8) is 0 Å². The minimum atomic E-state index is 0.622. The van der Waals surface area contributed by atoms with Gasteiger partial charge in [-0.05, 0) is 24.9 Å². The van der Waals surface area contributed by atoms with Crippen molar-refractivity contribution in [1.82, 2.24) is 5.32 Å². The van der Waals surface area contributed by atoms with Crippen LogP contribution in [0.25, 0.3) is 0 Å². The zero-order valence-corrected chi connectivity index (χ0v) is 14.1. The number of hydrogen-bond acceptors (Lipinski definition) is 3. The summed E-state index contributed by atoms with van der Waals surface area (Å²) in [5.41, 5.74) is 1.20. The lowest BCUT2D eigenvalue weighted by molar-refractivity contribution is 0.236. The standard InChI is InChI=1S/C18H31NO2/c1-5-11-20-17-10-9-16(13-19-8-4)18(12-17)21-14-15(6-2)7-3/h9-10,12,15,19H,5-8,11,13-14H2,1-4H3. The third kappa shape index (κ3) is 6.38. The van der Waals surface area contributed by atoms with Crippen LogP contribution >= 0.6 is 0 Å². The number of hydrogen-bond donors (Lipinski definition) is 1. The first-order valence-electron chi connectivity index (χ1n) is 8.34. The highest BCUT2D eigenvalue weighted by Crippen LogP contribution is 2.26. The molecule has 0 heterocycles. The van der Waals surface area contributed by atoms with Crippen LogP contribution in [0.2, 0.25) is 0 Å². The summed E-state index contributed by atoms with van der Waals surface area (Å²) in [6, 6.07) is 6.17. The van der Waals surface area contributed by atoms with Crippen LogP contribution in [0.3, 0.4) is 0 Å². The lowest BCUT2D eigenvalue weighted by atomic mass is 10.1. The van der Waals surface area contributed by atoms with E-state index in [0.717, 1.165) is 57.1 Å². The molecule has 0 bridgehead atoms. The van der Waals surface area contributed by atoms with Crippen molar-refractivity contribution in [2.75, 3.05) is 19.8 Å². The Morgan fingerprint density at radius 3 is 2.43 bits per heavy atom. The zero-order chi connectivity index (χ0) is 15.5. The summed E-state index contributed by atoms with van der Waals surface area (Å²) in [5, 5.41) is 3.36. The van der Waals surface area contributed by atoms with Crippen molar-refractivity contribution in [3.8, 4) is 11.5 Å². The lowest BCUT2D eigenvalue weighted by Crippen LogP contribution is -2.15. The Labute approximate surface area is 130 Å². The number of nitrogens with one attached hydrogen (secondary N) is 1. The normalized spacial score (nSPS) is 10.9. The molecule has 1 rings (SSSR count). The molecule has 1 N–H and O–H groups in total. The van der Waals surface area contributed by atoms with Gasteiger partial charge in [-0.3, -0.25) is 0 Å². The van der Waals surface area contributed by atoms with E-state index in [1.807, 2.05) is 12.1 Å². The van der Waals surface area contributed by atoms with E-state index in [-0.39, 0.29) is 0 Å². The SMILES string of the molecule is CCCOc1ccc(CNCC)c(OCC(CC)CC)c1. The van der Waals surface area contributed by atoms with E-state index in [4.69, 9.17) is 9.47 Å². The van der Waals surface area contributed by atoms with Gasteiger partial charge in [-0.1, -0.05) is 46.6 Å². The maximum absolute atomic E-state index is 6.08. The van der Waals surface area contributed by atoms with E-state index in [2.05, 4.69) is 39.1 Å². The lowest BCUT2D eigenvalue weighted by Gasteiger charge is -2.17. The molecule has 1 aromatic carbocycles. The summed E-state index contributed by atoms with van der Waals surface area (Å²) in [7, 11) is 0. The minimum Gasteiger partial charge on any atom is -0.493 e. The molecular weight excluding hydrogens is 262 g/mol. The fourth-order valence-electron chi connectivity index (χ4n) is 2.12. The van der Waals surface area contributed by atoms with Gasteiger partial charge in [0.25, 0.3) is 0 Å². The number of rotatable bonds is 11. The van der Waals surface area contributed by atoms with Crippen LogP contribution in [-0.2, 0) is 6.54 Å². The molecule has 1 aromatic rings. The number of benzene rings is 1. The van der Waals surface area contributed by atoms with E-state index < -0.39 is 0 Å². The summed E-state index contributed by atoms with van der Waals surface area (Å²) in [6.45, 7) is 12.0. The van der Waals surface area contributed by atoms with Crippen molar-refractivity contribution in [2.45, 2.75) is 53.5 Å². The molecule has 0 saturated heterocycles. The predicted octanol–water partition coefficient (Wildman–Crippen LogP) is 4.40. The van der Waals surface area contributed by atoms with Crippen LogP contribution in [-0.4, -0.2) is 19.8 Å². The van der Waals surface area contributed by atoms with Crippen molar-refractivity contribution in [3.05, 3.63) is 23.8 Å². The first-order chi connectivity index (χ1) is 10.2. The van der Waals surface area contributed by atoms with Crippen LogP contribution in [0.15, 0.2) is 18.2 Å². The molecule has 0 fully saturated rings. The van der Waals surface area contributed by atoms with Crippen LogP contribution in [0, 0.1) is 5.92 Å². The fourth-order valence-corrected chi connectivity index (χ4v) is 2.12. The molecule has 0 atom stereocenters. The average molecular weight is 293 g/mol. The Kier molecular flexibility index (Phi) is 8.91. The molecule has 0 radical (unpaired) electrons. The maximum atomic E-state index is 6.08. The van der Waals surface area contributed by atoms with Crippen LogP contribution < -0.4 is 14.8 Å². The fraction of sp³-hybridized carbons (Fsp3) is 0.667. The first-order valence-corrected chi connectivity index (χ1v) is 8.34. The summed E-state index contributed by atoms with van der Waals surface area (Å²) >= 11 is 0. The Morgan fingerprint density at radius 1 is 1.05 bits per heavy atom. The number of ether oxygens (including phenoxy) is 2. The van der Waals surface area contributed by atoms with Gasteiger partial charge >= 0.3 is 0 Å². The molecule has 0 spiro atoms. The van der Waals surface area contributed by atoms with Crippen LogP contribution in [0.4, 0.5) is 0 Å². The predicted molar refractivity (Wildman–Crippen MR) is 89.2 cm³/mol. The molecule has 21 heavy (non-hydrogen) atoms. The Balaban J connectivity index is 2.77. The molecule has 0 aliphatic heterocycles. The van der Waals surface area contributed by atoms with Crippen molar-refractivity contribution < 1.29 is 9.47 Å². The van der Waals surface area contributed by atoms with E-state index >= 15 is 0 Å². The Bertz CT molecular complexity index is 389. The monoisotopic (exact) mass is 293 g/mol. The highest BCUT2D eigenvalue weighted by atomic mass is 16.5. The highest BCUT2D eigenvalue weighted by Gasteiger charge is 2.09. The van der Waals surface area contributed by atoms with Gasteiger partial charge in [-0.15, -0.1) is 0 Å². The Hall–Kier alpha value is -1.22. The highest BCUT2D eigenvalue weighted by molar-refractivity contribution is 5.40. The van der Waals surface area contributed by atoms with Gasteiger partial charge in [0.05, 0.1) is 13.2 Å². The molecular formula is C18H31NO2. The van der Waals surface area contributed by atoms with Gasteiger partial charge in [0.15, 0.2) is 0 Å². The zero-order valence-electron chi connectivity index (χ0n) is 14.1. The smallest absolute Gasteiger partial charge is 0.127 e. The maximum Gasteiger partial charge on any atom is 0.127 e. The Morgan fingerprint density at radius 2 is 1.81 bits per heavy atom. The molecule has 0 aliphatic carbocycles. The average Bonchev–Trinajstić information content (AvgIpc) is 2.52. The van der Waals surface area contributed by atoms with Crippen molar-refractivity contribution in [2.24, 2.45) is 5.92 Å². The summed E-state index contributed by atoms with van der Waals surface area (Å²) in [4.78, 5) is 0. The molecule has 0 unspecified atom stereocenters. The van der Waals surface area contributed by atoms with Gasteiger partial charge in [0.2, 0.25) is 0 Å². The molecule has 120 valence electrons. The summed E-state index contributed by atoms with van der Waals surface area (Å²) < 4.78 is 11.8.